The van der Waals surface area contributed by atoms with Gasteiger partial charge in [-0.1, -0.05) is 18.6 Å². The number of rotatable bonds is 6. The van der Waals surface area contributed by atoms with E-state index in [2.05, 4.69) is 22.0 Å². The molecule has 2 aliphatic heterocycles. The number of hydrogen-bond acceptors (Lipinski definition) is 6. The van der Waals surface area contributed by atoms with Gasteiger partial charge in [0.15, 0.2) is 0 Å². The molecule has 1 atom stereocenters. The van der Waals surface area contributed by atoms with Gasteiger partial charge in [-0.2, -0.15) is 0 Å². The number of aromatic nitrogens is 2. The summed E-state index contributed by atoms with van der Waals surface area (Å²) < 4.78 is 5.32. The van der Waals surface area contributed by atoms with Gasteiger partial charge in [0.05, 0.1) is 25.4 Å². The van der Waals surface area contributed by atoms with Crippen LogP contribution in [0.5, 0.6) is 5.75 Å². The fraction of sp³-hybridized carbons (Fsp3) is 0.542. The molecule has 0 aliphatic carbocycles. The zero-order valence-electron chi connectivity index (χ0n) is 18.9. The van der Waals surface area contributed by atoms with Crippen LogP contribution in [0.25, 0.3) is 11.1 Å². The van der Waals surface area contributed by atoms with E-state index >= 15 is 0 Å². The fourth-order valence-electron chi connectivity index (χ4n) is 4.58. The summed E-state index contributed by atoms with van der Waals surface area (Å²) in [4.78, 5) is 28.8. The highest BCUT2D eigenvalue weighted by atomic mass is 16.5. The van der Waals surface area contributed by atoms with Crippen molar-refractivity contribution in [3.05, 3.63) is 36.2 Å². The van der Waals surface area contributed by atoms with Crippen molar-refractivity contribution in [2.24, 2.45) is 0 Å². The number of nitrogens with zero attached hydrogens (tertiary/aromatic N) is 5. The maximum atomic E-state index is 12.9. The first-order valence-corrected chi connectivity index (χ1v) is 11.3. The zero-order valence-corrected chi connectivity index (χ0v) is 18.9. The van der Waals surface area contributed by atoms with Crippen LogP contribution in [0.15, 0.2) is 30.5 Å². The maximum absolute atomic E-state index is 12.9. The lowest BCUT2D eigenvalue weighted by Gasteiger charge is -2.36. The number of benzene rings is 1. The largest absolute Gasteiger partial charge is 0.497 e. The summed E-state index contributed by atoms with van der Waals surface area (Å²) in [6.45, 7) is 3.18. The van der Waals surface area contributed by atoms with Crippen LogP contribution in [-0.2, 0) is 4.79 Å². The molecule has 2 aliphatic rings. The maximum Gasteiger partial charge on any atom is 0.236 e. The van der Waals surface area contributed by atoms with Gasteiger partial charge in [0, 0.05) is 38.9 Å². The molecule has 7 heteroatoms. The molecule has 0 N–H and O–H groups in total. The number of hydrogen-bond donors (Lipinski definition) is 0. The minimum Gasteiger partial charge on any atom is -0.497 e. The molecular formula is C24H33N5O2. The van der Waals surface area contributed by atoms with Gasteiger partial charge in [-0.05, 0) is 49.9 Å². The Labute approximate surface area is 185 Å². The average Bonchev–Trinajstić information content (AvgIpc) is 3.34. The minimum atomic E-state index is 0.110. The van der Waals surface area contributed by atoms with Crippen molar-refractivity contribution < 1.29 is 9.53 Å². The van der Waals surface area contributed by atoms with Crippen molar-refractivity contribution in [1.82, 2.24) is 19.8 Å². The molecule has 2 saturated heterocycles. The fourth-order valence-corrected chi connectivity index (χ4v) is 4.58. The zero-order chi connectivity index (χ0) is 21.8. The number of piperidine rings is 1. The molecule has 31 heavy (non-hydrogen) atoms. The van der Waals surface area contributed by atoms with Gasteiger partial charge in [0.1, 0.15) is 5.75 Å². The standard InChI is InChI=1S/C24H33N5O2/c1-27(2)24-25-16-20(18-9-11-19(31-3)12-10-18)23(26-24)21-8-4-5-15-29(21)17-22(30)28-13-6-7-14-28/h9-12,16,21H,4-8,13-15,17H2,1-3H3/t21-/m1/s1. The lowest BCUT2D eigenvalue weighted by molar-refractivity contribution is -0.132. The first kappa shape index (κ1) is 21.6. The summed E-state index contributed by atoms with van der Waals surface area (Å²) in [5.74, 6) is 1.77. The average molecular weight is 424 g/mol. The van der Waals surface area contributed by atoms with Gasteiger partial charge in [-0.3, -0.25) is 9.69 Å². The summed E-state index contributed by atoms with van der Waals surface area (Å²) in [5, 5.41) is 0. The van der Waals surface area contributed by atoms with E-state index in [-0.39, 0.29) is 11.9 Å². The molecule has 0 unspecified atom stereocenters. The van der Waals surface area contributed by atoms with Crippen LogP contribution in [0, 0.1) is 0 Å². The number of carbonyl (C=O) groups is 1. The molecule has 4 rings (SSSR count). The number of methoxy groups -OCH3 is 1. The van der Waals surface area contributed by atoms with Gasteiger partial charge in [-0.25, -0.2) is 9.97 Å². The van der Waals surface area contributed by atoms with E-state index < -0.39 is 0 Å². The molecule has 0 spiro atoms. The Morgan fingerprint density at radius 2 is 1.81 bits per heavy atom. The number of carbonyl (C=O) groups excluding carboxylic acids is 1. The Hall–Kier alpha value is -2.67. The molecule has 166 valence electrons. The van der Waals surface area contributed by atoms with Crippen molar-refractivity contribution in [1.29, 1.82) is 0 Å². The lowest BCUT2D eigenvalue weighted by atomic mass is 9.93. The molecule has 2 fully saturated rings. The number of anilines is 1. The first-order valence-electron chi connectivity index (χ1n) is 11.3. The highest BCUT2D eigenvalue weighted by Crippen LogP contribution is 2.36. The number of amides is 1. The molecule has 7 nitrogen and oxygen atoms in total. The number of ether oxygens (including phenoxy) is 1. The Morgan fingerprint density at radius 1 is 1.10 bits per heavy atom. The highest BCUT2D eigenvalue weighted by molar-refractivity contribution is 5.78. The van der Waals surface area contributed by atoms with Gasteiger partial charge >= 0.3 is 0 Å². The smallest absolute Gasteiger partial charge is 0.236 e. The summed E-state index contributed by atoms with van der Waals surface area (Å²) in [6, 6.07) is 8.15. The van der Waals surface area contributed by atoms with E-state index in [1.807, 2.05) is 42.2 Å². The Balaban J connectivity index is 1.68. The van der Waals surface area contributed by atoms with E-state index in [4.69, 9.17) is 9.72 Å². The molecule has 1 aromatic carbocycles. The lowest BCUT2D eigenvalue weighted by Crippen LogP contribution is -2.43. The summed E-state index contributed by atoms with van der Waals surface area (Å²) in [5.41, 5.74) is 3.11. The minimum absolute atomic E-state index is 0.110. The number of likely N-dealkylation sites (tertiary alicyclic amines) is 2. The van der Waals surface area contributed by atoms with E-state index in [9.17, 15) is 4.79 Å². The third-order valence-electron chi connectivity index (χ3n) is 6.33. The van der Waals surface area contributed by atoms with E-state index in [0.717, 1.165) is 74.3 Å². The van der Waals surface area contributed by atoms with Gasteiger partial charge in [0.2, 0.25) is 11.9 Å². The van der Waals surface area contributed by atoms with Crippen molar-refractivity contribution in [2.45, 2.75) is 38.1 Å². The SMILES string of the molecule is COc1ccc(-c2cnc(N(C)C)nc2[C@H]2CCCCN2CC(=O)N2CCCC2)cc1. The second-order valence-corrected chi connectivity index (χ2v) is 8.66. The van der Waals surface area contributed by atoms with Gasteiger partial charge in [-0.15, -0.1) is 0 Å². The molecule has 3 heterocycles. The van der Waals surface area contributed by atoms with Crippen molar-refractivity contribution in [3.8, 4) is 16.9 Å². The van der Waals surface area contributed by atoms with Crippen LogP contribution in [0.1, 0.15) is 43.8 Å². The quantitative estimate of drug-likeness (QED) is 0.710. The predicted molar refractivity (Wildman–Crippen MR) is 122 cm³/mol. The first-order chi connectivity index (χ1) is 15.1. The van der Waals surface area contributed by atoms with Crippen molar-refractivity contribution in [3.63, 3.8) is 0 Å². The van der Waals surface area contributed by atoms with E-state index in [1.54, 1.807) is 7.11 Å². The van der Waals surface area contributed by atoms with Gasteiger partial charge < -0.3 is 14.5 Å². The summed E-state index contributed by atoms with van der Waals surface area (Å²) in [6.07, 6.45) is 7.42. The van der Waals surface area contributed by atoms with Crippen LogP contribution < -0.4 is 9.64 Å². The monoisotopic (exact) mass is 423 g/mol. The van der Waals surface area contributed by atoms with Crippen molar-refractivity contribution in [2.75, 3.05) is 52.3 Å². The topological polar surface area (TPSA) is 61.8 Å². The Bertz CT molecular complexity index is 893. The Morgan fingerprint density at radius 3 is 2.48 bits per heavy atom. The van der Waals surface area contributed by atoms with Crippen molar-refractivity contribution >= 4 is 11.9 Å². The van der Waals surface area contributed by atoms with E-state index in [1.165, 1.54) is 0 Å². The van der Waals surface area contributed by atoms with Crippen LogP contribution in [0.2, 0.25) is 0 Å². The summed E-state index contributed by atoms with van der Waals surface area (Å²) >= 11 is 0. The predicted octanol–water partition coefficient (Wildman–Crippen LogP) is 3.37. The molecule has 1 aromatic heterocycles. The van der Waals surface area contributed by atoms with Crippen LogP contribution in [0.3, 0.4) is 0 Å². The highest BCUT2D eigenvalue weighted by Gasteiger charge is 2.31. The second-order valence-electron chi connectivity index (χ2n) is 8.66. The third kappa shape index (κ3) is 4.82. The normalized spacial score (nSPS) is 19.5. The van der Waals surface area contributed by atoms with Crippen LogP contribution in [-0.4, -0.2) is 73.1 Å². The molecule has 2 aromatic rings. The van der Waals surface area contributed by atoms with Crippen LogP contribution in [0.4, 0.5) is 5.95 Å². The molecule has 0 radical (unpaired) electrons. The van der Waals surface area contributed by atoms with Crippen LogP contribution >= 0.6 is 0 Å². The molecule has 1 amide bonds. The second kappa shape index (κ2) is 9.64. The molecular weight excluding hydrogens is 390 g/mol. The van der Waals surface area contributed by atoms with Gasteiger partial charge in [0.25, 0.3) is 0 Å². The van der Waals surface area contributed by atoms with E-state index in [0.29, 0.717) is 12.5 Å². The Kier molecular flexibility index (Phi) is 6.70. The summed E-state index contributed by atoms with van der Waals surface area (Å²) in [7, 11) is 5.59. The third-order valence-corrected chi connectivity index (χ3v) is 6.33. The molecule has 0 saturated carbocycles. The molecule has 0 bridgehead atoms.